The molecule has 5 rings (SSSR count). The molecule has 0 aliphatic carbocycles. The Morgan fingerprint density at radius 1 is 0.458 bits per heavy atom. The number of fused-ring (bicyclic) bond motifs is 2. The minimum absolute atomic E-state index is 0.0324. The molecule has 35 nitrogen and oxygen atoms in total. The molecule has 0 radical (unpaired) electrons. The van der Waals surface area contributed by atoms with E-state index in [0.29, 0.717) is 51.3 Å². The number of aliphatic hydroxyl groups excluding tert-OH is 2. The van der Waals surface area contributed by atoms with Gasteiger partial charge in [0.05, 0.1) is 32.2 Å². The Bertz CT molecular complexity index is 3880. The van der Waals surface area contributed by atoms with Crippen LogP contribution in [0.3, 0.4) is 0 Å². The molecule has 2 aromatic heterocycles. The van der Waals surface area contributed by atoms with Gasteiger partial charge < -0.3 is 112 Å². The second-order valence-corrected chi connectivity index (χ2v) is 26.5. The van der Waals surface area contributed by atoms with E-state index in [1.807, 2.05) is 13.8 Å². The van der Waals surface area contributed by atoms with Crippen molar-refractivity contribution in [3.63, 3.8) is 0 Å². The molecule has 0 aliphatic rings. The number of para-hydroxylation sites is 2. The number of primary amides is 2. The summed E-state index contributed by atoms with van der Waals surface area (Å²) in [4.78, 5) is 198. The van der Waals surface area contributed by atoms with E-state index >= 15 is 0 Å². The van der Waals surface area contributed by atoms with E-state index in [-0.39, 0.29) is 76.1 Å². The summed E-state index contributed by atoms with van der Waals surface area (Å²) >= 11 is 0. The van der Waals surface area contributed by atoms with Gasteiger partial charge in [-0.3, -0.25) is 67.1 Å². The molecule has 14 amide bonds. The molecule has 0 aliphatic heterocycles. The molecular formula is C72H104N18O17. The highest BCUT2D eigenvalue weighted by Crippen LogP contribution is 2.22. The average molecular weight is 1490 g/mol. The van der Waals surface area contributed by atoms with Crippen molar-refractivity contribution in [1.82, 2.24) is 73.8 Å². The summed E-state index contributed by atoms with van der Waals surface area (Å²) in [6.07, 6.45) is 2.10. The van der Waals surface area contributed by atoms with Gasteiger partial charge in [0.15, 0.2) is 0 Å². The molecule has 3 aromatic carbocycles. The van der Waals surface area contributed by atoms with Gasteiger partial charge in [-0.15, -0.1) is 0 Å². The van der Waals surface area contributed by atoms with Crippen LogP contribution in [-0.2, 0) is 86.4 Å². The lowest BCUT2D eigenvalue weighted by Crippen LogP contribution is -2.62. The van der Waals surface area contributed by atoms with Crippen molar-refractivity contribution in [2.75, 3.05) is 32.8 Å². The van der Waals surface area contributed by atoms with Gasteiger partial charge in [-0.1, -0.05) is 89.1 Å². The number of carbonyl (C=O) groups excluding carboxylic acids is 14. The van der Waals surface area contributed by atoms with Crippen molar-refractivity contribution < 1.29 is 82.4 Å². The van der Waals surface area contributed by atoms with Crippen LogP contribution in [0.2, 0.25) is 0 Å². The number of amides is 14. The van der Waals surface area contributed by atoms with Crippen LogP contribution in [0.1, 0.15) is 116 Å². The topological polar surface area (TPSA) is 580 Å². The van der Waals surface area contributed by atoms with E-state index in [1.54, 1.807) is 74.8 Å². The normalized spacial score (nSPS) is 14.9. The van der Waals surface area contributed by atoms with E-state index in [2.05, 4.69) is 73.8 Å². The fourth-order valence-corrected chi connectivity index (χ4v) is 11.3. The number of aromatic amines is 2. The second kappa shape index (κ2) is 43.4. The predicted molar refractivity (Wildman–Crippen MR) is 393 cm³/mol. The summed E-state index contributed by atoms with van der Waals surface area (Å²) in [5.41, 5.74) is 25.3. The Hall–Kier alpha value is -11.0. The van der Waals surface area contributed by atoms with Gasteiger partial charge in [0.25, 0.3) is 0 Å². The van der Waals surface area contributed by atoms with Gasteiger partial charge in [-0.25, -0.2) is 0 Å². The van der Waals surface area contributed by atoms with Crippen LogP contribution in [0.5, 0.6) is 5.75 Å². The van der Waals surface area contributed by atoms with Crippen molar-refractivity contribution in [1.29, 1.82) is 0 Å². The molecule has 0 saturated heterocycles. The van der Waals surface area contributed by atoms with Crippen LogP contribution in [-0.4, -0.2) is 207 Å². The highest BCUT2D eigenvalue weighted by atomic mass is 16.3. The average Bonchev–Trinajstić information content (AvgIpc) is 1.73. The first-order valence-electron chi connectivity index (χ1n) is 35.6. The monoisotopic (exact) mass is 1490 g/mol. The molecule has 0 bridgehead atoms. The number of aromatic nitrogens is 2. The lowest BCUT2D eigenvalue weighted by Gasteiger charge is -2.29. The van der Waals surface area contributed by atoms with Gasteiger partial charge in [0.2, 0.25) is 82.7 Å². The number of benzene rings is 3. The molecule has 584 valence electrons. The summed E-state index contributed by atoms with van der Waals surface area (Å²) < 4.78 is 0. The molecule has 35 heteroatoms. The zero-order valence-corrected chi connectivity index (χ0v) is 61.0. The van der Waals surface area contributed by atoms with Gasteiger partial charge in [-0.2, -0.15) is 0 Å². The minimum atomic E-state index is -1.77. The fourth-order valence-electron chi connectivity index (χ4n) is 11.3. The Labute approximate surface area is 618 Å². The van der Waals surface area contributed by atoms with Crippen LogP contribution in [0.15, 0.2) is 85.2 Å². The first kappa shape index (κ1) is 86.6. The van der Waals surface area contributed by atoms with Crippen LogP contribution < -0.4 is 86.7 Å². The first-order chi connectivity index (χ1) is 50.9. The van der Waals surface area contributed by atoms with E-state index < -0.39 is 181 Å². The Morgan fingerprint density at radius 2 is 0.907 bits per heavy atom. The van der Waals surface area contributed by atoms with E-state index in [0.717, 1.165) is 6.42 Å². The lowest BCUT2D eigenvalue weighted by molar-refractivity contribution is -0.137. The SMILES string of the molecule is CCC(C)CCC(=O)N[C@H](CC(N)=O)C(=O)N[C@H](Cc1ccc(O)cc1)C(=O)N[C@H](Cc1c[nH]c2ccccc12)C(=O)N[C@H](C)C(=O)N[C@@H](CCCN)C(=O)NCC(=O)N[C@H](CCCN)C(=O)N[C@@H](Cc1c[nH]c2ccccc12)C(=O)N[C@H](C(=O)N[C@H](C(=O)NCC(=O)N[C@@H](CO)C(N)=O)[C@@H](C)CC)[C@@H](C)O. The largest absolute Gasteiger partial charge is 0.508 e. The van der Waals surface area contributed by atoms with Gasteiger partial charge in [0, 0.05) is 59.9 Å². The predicted octanol–water partition coefficient (Wildman–Crippen LogP) is -3.43. The highest BCUT2D eigenvalue weighted by Gasteiger charge is 2.37. The maximum Gasteiger partial charge on any atom is 0.245 e. The lowest BCUT2D eigenvalue weighted by atomic mass is 9.97. The summed E-state index contributed by atoms with van der Waals surface area (Å²) in [7, 11) is 0. The quantitative estimate of drug-likeness (QED) is 0.0180. The van der Waals surface area contributed by atoms with Crippen molar-refractivity contribution in [2.45, 2.75) is 185 Å². The number of hydrogen-bond acceptors (Lipinski definition) is 19. The van der Waals surface area contributed by atoms with Gasteiger partial charge in [-0.05, 0) is 112 Å². The van der Waals surface area contributed by atoms with E-state index in [1.165, 1.54) is 38.1 Å². The Balaban J connectivity index is 1.32. The van der Waals surface area contributed by atoms with E-state index in [4.69, 9.17) is 22.9 Å². The summed E-state index contributed by atoms with van der Waals surface area (Å²) in [5.74, 6) is -13.2. The molecule has 0 spiro atoms. The van der Waals surface area contributed by atoms with Crippen molar-refractivity contribution in [3.05, 3.63) is 102 Å². The van der Waals surface area contributed by atoms with Crippen molar-refractivity contribution in [3.8, 4) is 5.75 Å². The molecule has 107 heavy (non-hydrogen) atoms. The smallest absolute Gasteiger partial charge is 0.245 e. The number of H-pyrrole nitrogens is 2. The molecule has 2 heterocycles. The number of rotatable bonds is 46. The summed E-state index contributed by atoms with van der Waals surface area (Å²) in [5, 5.41) is 62.1. The van der Waals surface area contributed by atoms with Crippen molar-refractivity contribution >= 4 is 105 Å². The molecule has 5 aromatic rings. The molecule has 25 N–H and O–H groups in total. The number of carbonyl (C=O) groups is 14. The van der Waals surface area contributed by atoms with Gasteiger partial charge in [0.1, 0.15) is 66.2 Å². The van der Waals surface area contributed by atoms with Crippen LogP contribution >= 0.6 is 0 Å². The Kier molecular flexibility index (Phi) is 35.1. The highest BCUT2D eigenvalue weighted by molar-refractivity contribution is 6.00. The number of aromatic hydroxyl groups is 1. The zero-order valence-electron chi connectivity index (χ0n) is 61.0. The van der Waals surface area contributed by atoms with Crippen molar-refractivity contribution in [2.24, 2.45) is 34.8 Å². The standard InChI is InChI=1S/C72H104N18O17/c1-7-38(3)21-26-58(95)83-55(32-57(75)94)69(104)86-52(29-42-22-24-45(93)25-23-42)68(103)88-53(30-43-33-77-48-17-11-9-15-46(43)48)67(102)81-40(5)64(99)85-50(19-13-27-73)65(100)79-35-59(96)82-51(20-14-28-74)66(101)87-54(31-44-34-78-49-18-12-10-16-47(44)49)70(105)90-62(41(6)92)72(107)89-61(39(4)8-2)71(106)80-36-60(97)84-56(37-91)63(76)98/h9-12,15-18,22-25,33-34,38-41,50-56,61-62,77-78,91-93H,7-8,13-14,19-21,26-32,35-37,73-74H2,1-6H3,(H2,75,94)(H2,76,98)(H,79,100)(H,80,106)(H,81,102)(H,82,96)(H,83,95)(H,84,97)(H,85,99)(H,86,104)(H,87,101)(H,88,103)(H,89,107)(H,90,105)/t38?,39-,40+,41+,50-,51+,52+,53+,54-,55+,56-,61-,62-/m0/s1. The third-order valence-electron chi connectivity index (χ3n) is 18.1. The molecule has 0 fully saturated rings. The molecule has 13 atom stereocenters. The summed E-state index contributed by atoms with van der Waals surface area (Å²) in [6.45, 7) is 7.55. The van der Waals surface area contributed by atoms with Crippen LogP contribution in [0.4, 0.5) is 0 Å². The minimum Gasteiger partial charge on any atom is -0.508 e. The number of aliphatic hydroxyl groups is 2. The zero-order chi connectivity index (χ0) is 79.0. The maximum atomic E-state index is 14.7. The maximum absolute atomic E-state index is 14.7. The number of nitrogens with two attached hydrogens (primary N) is 4. The Morgan fingerprint density at radius 3 is 1.40 bits per heavy atom. The molecule has 0 saturated carbocycles. The first-order valence-corrected chi connectivity index (χ1v) is 35.6. The van der Waals surface area contributed by atoms with Crippen LogP contribution in [0.25, 0.3) is 21.8 Å². The molecular weight excluding hydrogens is 1390 g/mol. The third kappa shape index (κ3) is 27.8. The number of hydrogen-bond donors (Lipinski definition) is 21. The van der Waals surface area contributed by atoms with Crippen LogP contribution in [0, 0.1) is 11.8 Å². The molecule has 1 unspecified atom stereocenters. The number of phenolic OH excluding ortho intramolecular Hbond substituents is 1. The third-order valence-corrected chi connectivity index (χ3v) is 18.1. The van der Waals surface area contributed by atoms with E-state index in [9.17, 15) is 82.4 Å². The summed E-state index contributed by atoms with van der Waals surface area (Å²) in [6, 6.07) is 5.03. The van der Waals surface area contributed by atoms with Gasteiger partial charge >= 0.3 is 0 Å². The second-order valence-electron chi connectivity index (χ2n) is 26.5. The number of nitrogens with one attached hydrogen (secondary N) is 14. The number of phenols is 1. The fraction of sp³-hybridized carbons (Fsp3) is 0.500.